The summed E-state index contributed by atoms with van der Waals surface area (Å²) in [6.07, 6.45) is -2.88. The third kappa shape index (κ3) is 4.17. The molecule has 1 unspecified atom stereocenters. The van der Waals surface area contributed by atoms with Crippen molar-refractivity contribution in [3.63, 3.8) is 0 Å². The van der Waals surface area contributed by atoms with E-state index < -0.39 is 6.36 Å². The molecule has 9 heteroatoms. The first-order chi connectivity index (χ1) is 13.7. The van der Waals surface area contributed by atoms with Gasteiger partial charge in [0.05, 0.1) is 10.6 Å². The third-order valence-electron chi connectivity index (χ3n) is 4.92. The molecule has 0 fully saturated rings. The number of hydrogen-bond donors (Lipinski definition) is 0. The van der Waals surface area contributed by atoms with Gasteiger partial charge in [0, 0.05) is 38.8 Å². The Labute approximate surface area is 170 Å². The Morgan fingerprint density at radius 2 is 1.97 bits per heavy atom. The molecular formula is C20H17ClF3N3O2. The standard InChI is InChI=1S/C20H17ClF3N3O2/c1-26-10-15(8-25-26)13-6-14-11-27(19(28)18(14)17(21)7-13)9-12-2-4-16(5-3-12)29-20(22,23)24/h2-8,15H,9-11H2,1H3. The minimum atomic E-state index is -4.73. The van der Waals surface area contributed by atoms with Crippen LogP contribution in [0.5, 0.6) is 5.75 Å². The lowest BCUT2D eigenvalue weighted by Crippen LogP contribution is -2.23. The lowest BCUT2D eigenvalue weighted by molar-refractivity contribution is -0.274. The van der Waals surface area contributed by atoms with Crippen LogP contribution in [-0.4, -0.2) is 42.0 Å². The summed E-state index contributed by atoms with van der Waals surface area (Å²) in [5, 5.41) is 6.49. The maximum atomic E-state index is 12.8. The van der Waals surface area contributed by atoms with Crippen molar-refractivity contribution in [2.75, 3.05) is 13.6 Å². The van der Waals surface area contributed by atoms with Gasteiger partial charge in [-0.15, -0.1) is 13.2 Å². The van der Waals surface area contributed by atoms with E-state index in [2.05, 4.69) is 9.84 Å². The van der Waals surface area contributed by atoms with Gasteiger partial charge in [-0.25, -0.2) is 0 Å². The van der Waals surface area contributed by atoms with Crippen molar-refractivity contribution < 1.29 is 22.7 Å². The van der Waals surface area contributed by atoms with Crippen molar-refractivity contribution in [3.8, 4) is 5.75 Å². The molecule has 1 atom stereocenters. The topological polar surface area (TPSA) is 45.1 Å². The molecule has 0 radical (unpaired) electrons. The maximum absolute atomic E-state index is 12.8. The highest BCUT2D eigenvalue weighted by atomic mass is 35.5. The summed E-state index contributed by atoms with van der Waals surface area (Å²) in [4.78, 5) is 14.4. The molecule has 0 spiro atoms. The van der Waals surface area contributed by atoms with E-state index in [4.69, 9.17) is 11.6 Å². The number of carbonyl (C=O) groups is 1. The SMILES string of the molecule is CN1CC(c2cc(Cl)c3c(c2)CN(Cc2ccc(OC(F)(F)F)cc2)C3=O)C=N1. The molecule has 0 saturated heterocycles. The number of rotatable bonds is 4. The van der Waals surface area contributed by atoms with Crippen LogP contribution < -0.4 is 4.74 Å². The molecule has 2 aliphatic heterocycles. The number of alkyl halides is 3. The molecule has 152 valence electrons. The summed E-state index contributed by atoms with van der Waals surface area (Å²) in [7, 11) is 1.89. The van der Waals surface area contributed by atoms with Crippen LogP contribution in [0.4, 0.5) is 13.2 Å². The molecule has 0 aliphatic carbocycles. The van der Waals surface area contributed by atoms with Gasteiger partial charge in [-0.1, -0.05) is 29.8 Å². The van der Waals surface area contributed by atoms with Gasteiger partial charge in [-0.2, -0.15) is 5.10 Å². The number of hydrazone groups is 1. The Balaban J connectivity index is 1.49. The summed E-state index contributed by atoms with van der Waals surface area (Å²) >= 11 is 6.41. The molecule has 1 amide bonds. The summed E-state index contributed by atoms with van der Waals surface area (Å²) in [6.45, 7) is 1.40. The predicted octanol–water partition coefficient (Wildman–Crippen LogP) is 4.41. The molecule has 2 heterocycles. The Kier molecular flexibility index (Phi) is 4.90. The third-order valence-corrected chi connectivity index (χ3v) is 5.22. The van der Waals surface area contributed by atoms with E-state index in [-0.39, 0.29) is 24.1 Å². The van der Waals surface area contributed by atoms with Gasteiger partial charge in [0.25, 0.3) is 5.91 Å². The minimum absolute atomic E-state index is 0.119. The number of halogens is 4. The average molecular weight is 424 g/mol. The molecule has 2 aromatic rings. The van der Waals surface area contributed by atoms with E-state index in [0.717, 1.165) is 17.7 Å². The molecule has 4 rings (SSSR count). The second kappa shape index (κ2) is 7.26. The summed E-state index contributed by atoms with van der Waals surface area (Å²) in [6, 6.07) is 9.27. The summed E-state index contributed by atoms with van der Waals surface area (Å²) in [5.74, 6) is -0.370. The highest BCUT2D eigenvalue weighted by molar-refractivity contribution is 6.34. The van der Waals surface area contributed by atoms with Crippen molar-refractivity contribution in [2.24, 2.45) is 5.10 Å². The Morgan fingerprint density at radius 1 is 1.24 bits per heavy atom. The quantitative estimate of drug-likeness (QED) is 0.731. The Bertz CT molecular complexity index is 976. The van der Waals surface area contributed by atoms with E-state index >= 15 is 0 Å². The molecule has 0 bridgehead atoms. The molecule has 0 N–H and O–H groups in total. The van der Waals surface area contributed by atoms with E-state index in [1.54, 1.807) is 11.0 Å². The number of ether oxygens (including phenoxy) is 1. The van der Waals surface area contributed by atoms with Crippen molar-refractivity contribution in [1.29, 1.82) is 0 Å². The number of amides is 1. The van der Waals surface area contributed by atoms with Gasteiger partial charge in [-0.05, 0) is 34.9 Å². The van der Waals surface area contributed by atoms with Crippen molar-refractivity contribution in [3.05, 3.63) is 63.7 Å². The van der Waals surface area contributed by atoms with Crippen LogP contribution >= 0.6 is 11.6 Å². The number of nitrogens with zero attached hydrogens (tertiary/aromatic N) is 3. The van der Waals surface area contributed by atoms with Gasteiger partial charge in [-0.3, -0.25) is 9.80 Å². The van der Waals surface area contributed by atoms with E-state index in [1.807, 2.05) is 24.3 Å². The number of likely N-dealkylation sites (N-methyl/N-ethyl adjacent to an activating group) is 1. The zero-order valence-electron chi connectivity index (χ0n) is 15.4. The Hall–Kier alpha value is -2.74. The monoisotopic (exact) mass is 423 g/mol. The van der Waals surface area contributed by atoms with Crippen molar-refractivity contribution in [2.45, 2.75) is 25.4 Å². The fraction of sp³-hybridized carbons (Fsp3) is 0.300. The van der Waals surface area contributed by atoms with Gasteiger partial charge < -0.3 is 9.64 Å². The van der Waals surface area contributed by atoms with Crippen LogP contribution in [0.1, 0.15) is 33.0 Å². The van der Waals surface area contributed by atoms with Crippen molar-refractivity contribution in [1.82, 2.24) is 9.91 Å². The zero-order chi connectivity index (χ0) is 20.8. The second-order valence-corrected chi connectivity index (χ2v) is 7.51. The second-order valence-electron chi connectivity index (χ2n) is 7.10. The fourth-order valence-electron chi connectivity index (χ4n) is 3.61. The van der Waals surface area contributed by atoms with Gasteiger partial charge in [0.1, 0.15) is 5.75 Å². The first kappa shape index (κ1) is 19.6. The largest absolute Gasteiger partial charge is 0.573 e. The van der Waals surface area contributed by atoms with Crippen LogP contribution in [0.15, 0.2) is 41.5 Å². The highest BCUT2D eigenvalue weighted by Crippen LogP contribution is 2.34. The smallest absolute Gasteiger partial charge is 0.406 e. The number of fused-ring (bicyclic) bond motifs is 1. The van der Waals surface area contributed by atoms with E-state index in [0.29, 0.717) is 22.7 Å². The lowest BCUT2D eigenvalue weighted by atomic mass is 9.96. The van der Waals surface area contributed by atoms with Gasteiger partial charge in [0.15, 0.2) is 0 Å². The number of benzene rings is 2. The summed E-state index contributed by atoms with van der Waals surface area (Å²) < 4.78 is 40.7. The van der Waals surface area contributed by atoms with Crippen LogP contribution in [0, 0.1) is 0 Å². The molecule has 5 nitrogen and oxygen atoms in total. The predicted molar refractivity (Wildman–Crippen MR) is 102 cm³/mol. The average Bonchev–Trinajstić information content (AvgIpc) is 3.19. The fourth-order valence-corrected chi connectivity index (χ4v) is 3.94. The van der Waals surface area contributed by atoms with Crippen LogP contribution in [0.25, 0.3) is 0 Å². The molecule has 29 heavy (non-hydrogen) atoms. The van der Waals surface area contributed by atoms with Gasteiger partial charge in [0.2, 0.25) is 0 Å². The Morgan fingerprint density at radius 3 is 2.59 bits per heavy atom. The first-order valence-corrected chi connectivity index (χ1v) is 9.29. The highest BCUT2D eigenvalue weighted by Gasteiger charge is 2.32. The summed E-state index contributed by atoms with van der Waals surface area (Å²) in [5.41, 5.74) is 3.03. The van der Waals surface area contributed by atoms with Crippen LogP contribution in [0.2, 0.25) is 5.02 Å². The molecular weight excluding hydrogens is 407 g/mol. The van der Waals surface area contributed by atoms with E-state index in [9.17, 15) is 18.0 Å². The zero-order valence-corrected chi connectivity index (χ0v) is 16.2. The minimum Gasteiger partial charge on any atom is -0.406 e. The molecule has 2 aliphatic rings. The van der Waals surface area contributed by atoms with Gasteiger partial charge >= 0.3 is 6.36 Å². The number of hydrogen-bond acceptors (Lipinski definition) is 4. The van der Waals surface area contributed by atoms with Crippen LogP contribution in [-0.2, 0) is 13.1 Å². The molecule has 2 aromatic carbocycles. The normalized spacial score (nSPS) is 18.5. The maximum Gasteiger partial charge on any atom is 0.573 e. The van der Waals surface area contributed by atoms with E-state index in [1.165, 1.54) is 24.3 Å². The molecule has 0 saturated carbocycles. The number of carbonyl (C=O) groups excluding carboxylic acids is 1. The lowest BCUT2D eigenvalue weighted by Gasteiger charge is -2.16. The van der Waals surface area contributed by atoms with Crippen LogP contribution in [0.3, 0.4) is 0 Å². The molecule has 0 aromatic heterocycles. The first-order valence-electron chi connectivity index (χ1n) is 8.91. The van der Waals surface area contributed by atoms with Crippen molar-refractivity contribution >= 4 is 23.7 Å².